The number of carbonyl (C=O) groups excluding carboxylic acids is 1. The second-order valence-electron chi connectivity index (χ2n) is 4.93. The molecular formula is C18H19NO2. The molecule has 21 heavy (non-hydrogen) atoms. The summed E-state index contributed by atoms with van der Waals surface area (Å²) in [5.74, 6) is 2.20. The van der Waals surface area contributed by atoms with Gasteiger partial charge in [0.1, 0.15) is 5.54 Å². The molecule has 2 rings (SSSR count). The number of carbonyl (C=O) groups is 1. The van der Waals surface area contributed by atoms with Crippen LogP contribution in [0.4, 0.5) is 0 Å². The summed E-state index contributed by atoms with van der Waals surface area (Å²) in [5.41, 5.74) is -0.0993. The average Bonchev–Trinajstić information content (AvgIpc) is 2.52. The summed E-state index contributed by atoms with van der Waals surface area (Å²) in [6.07, 6.45) is 5.34. The first-order valence-electron chi connectivity index (χ1n) is 6.97. The molecule has 3 nitrogen and oxygen atoms in total. The normalized spacial score (nSPS) is 13.4. The highest BCUT2D eigenvalue weighted by Crippen LogP contribution is 2.29. The van der Waals surface area contributed by atoms with Gasteiger partial charge in [-0.2, -0.15) is 0 Å². The number of terminal acetylenes is 1. The van der Waals surface area contributed by atoms with Gasteiger partial charge in [-0.3, -0.25) is 5.32 Å². The van der Waals surface area contributed by atoms with Gasteiger partial charge in [-0.25, -0.2) is 4.79 Å². The van der Waals surface area contributed by atoms with E-state index in [1.165, 1.54) is 0 Å². The summed E-state index contributed by atoms with van der Waals surface area (Å²) in [5, 5.41) is 5.22. The standard InChI is InChI=1S/C18H19NO2/c1-4-13-19-18(3,17(20)21-5-2)16-12-8-10-14-9-6-7-11-15(14)16/h1,6-12,19H,5,13H2,2-3H3. The lowest BCUT2D eigenvalue weighted by atomic mass is 9.87. The summed E-state index contributed by atoms with van der Waals surface area (Å²) in [7, 11) is 0. The van der Waals surface area contributed by atoms with E-state index < -0.39 is 5.54 Å². The molecular weight excluding hydrogens is 262 g/mol. The SMILES string of the molecule is C#CCNC(C)(C(=O)OCC)c1cccc2ccccc12. The van der Waals surface area contributed by atoms with Crippen LogP contribution in [0.25, 0.3) is 10.8 Å². The van der Waals surface area contributed by atoms with Gasteiger partial charge in [-0.05, 0) is 30.2 Å². The predicted molar refractivity (Wildman–Crippen MR) is 84.8 cm³/mol. The summed E-state index contributed by atoms with van der Waals surface area (Å²) < 4.78 is 5.24. The summed E-state index contributed by atoms with van der Waals surface area (Å²) in [6.45, 7) is 4.22. The lowest BCUT2D eigenvalue weighted by Gasteiger charge is -2.29. The molecule has 0 aliphatic heterocycles. The lowest BCUT2D eigenvalue weighted by molar-refractivity contribution is -0.150. The maximum absolute atomic E-state index is 12.5. The Morgan fingerprint density at radius 1 is 1.29 bits per heavy atom. The van der Waals surface area contributed by atoms with Crippen molar-refractivity contribution in [1.82, 2.24) is 5.32 Å². The van der Waals surface area contributed by atoms with Crippen LogP contribution in [0.15, 0.2) is 42.5 Å². The molecule has 0 saturated heterocycles. The minimum absolute atomic E-state index is 0.290. The van der Waals surface area contributed by atoms with E-state index in [0.717, 1.165) is 16.3 Å². The molecule has 0 spiro atoms. The average molecular weight is 281 g/mol. The number of ether oxygens (including phenoxy) is 1. The van der Waals surface area contributed by atoms with Crippen LogP contribution in [-0.2, 0) is 15.1 Å². The fourth-order valence-electron chi connectivity index (χ4n) is 2.44. The highest BCUT2D eigenvalue weighted by Gasteiger charge is 2.37. The largest absolute Gasteiger partial charge is 0.464 e. The van der Waals surface area contributed by atoms with Crippen molar-refractivity contribution in [3.8, 4) is 12.3 Å². The summed E-state index contributed by atoms with van der Waals surface area (Å²) in [4.78, 5) is 12.5. The number of rotatable bonds is 5. The van der Waals surface area contributed by atoms with E-state index in [-0.39, 0.29) is 5.97 Å². The van der Waals surface area contributed by atoms with Crippen molar-refractivity contribution in [3.05, 3.63) is 48.0 Å². The molecule has 1 atom stereocenters. The number of esters is 1. The molecule has 0 bridgehead atoms. The Hall–Kier alpha value is -2.31. The van der Waals surface area contributed by atoms with Gasteiger partial charge >= 0.3 is 5.97 Å². The van der Waals surface area contributed by atoms with E-state index in [4.69, 9.17) is 11.2 Å². The molecule has 1 unspecified atom stereocenters. The molecule has 0 aliphatic carbocycles. The van der Waals surface area contributed by atoms with Crippen molar-refractivity contribution in [1.29, 1.82) is 0 Å². The van der Waals surface area contributed by atoms with Crippen molar-refractivity contribution in [2.75, 3.05) is 13.2 Å². The zero-order valence-corrected chi connectivity index (χ0v) is 12.3. The Bertz CT molecular complexity index is 682. The number of hydrogen-bond donors (Lipinski definition) is 1. The third-order valence-electron chi connectivity index (χ3n) is 3.56. The van der Waals surface area contributed by atoms with Crippen LogP contribution in [0.2, 0.25) is 0 Å². The quantitative estimate of drug-likeness (QED) is 0.676. The third-order valence-corrected chi connectivity index (χ3v) is 3.56. The number of hydrogen-bond acceptors (Lipinski definition) is 3. The van der Waals surface area contributed by atoms with Crippen LogP contribution in [0.1, 0.15) is 19.4 Å². The van der Waals surface area contributed by atoms with Gasteiger partial charge in [0, 0.05) is 0 Å². The first kappa shape index (κ1) is 15.1. The Morgan fingerprint density at radius 3 is 2.71 bits per heavy atom. The molecule has 0 aromatic heterocycles. The van der Waals surface area contributed by atoms with Crippen LogP contribution in [-0.4, -0.2) is 19.1 Å². The van der Waals surface area contributed by atoms with Crippen LogP contribution >= 0.6 is 0 Å². The lowest BCUT2D eigenvalue weighted by Crippen LogP contribution is -2.48. The molecule has 0 radical (unpaired) electrons. The molecule has 2 aromatic carbocycles. The van der Waals surface area contributed by atoms with Crippen molar-refractivity contribution >= 4 is 16.7 Å². The minimum atomic E-state index is -0.969. The molecule has 1 N–H and O–H groups in total. The third kappa shape index (κ3) is 2.91. The minimum Gasteiger partial charge on any atom is -0.464 e. The van der Waals surface area contributed by atoms with E-state index >= 15 is 0 Å². The first-order valence-corrected chi connectivity index (χ1v) is 6.97. The number of fused-ring (bicyclic) bond motifs is 1. The van der Waals surface area contributed by atoms with Crippen LogP contribution in [0.3, 0.4) is 0 Å². The van der Waals surface area contributed by atoms with Gasteiger partial charge < -0.3 is 4.74 Å². The Morgan fingerprint density at radius 2 is 2.00 bits per heavy atom. The highest BCUT2D eigenvalue weighted by atomic mass is 16.5. The molecule has 0 fully saturated rings. The van der Waals surface area contributed by atoms with E-state index in [9.17, 15) is 4.79 Å². The smallest absolute Gasteiger partial charge is 0.330 e. The Balaban J connectivity index is 2.58. The van der Waals surface area contributed by atoms with Gasteiger partial charge in [0.05, 0.1) is 13.2 Å². The van der Waals surface area contributed by atoms with Crippen LogP contribution in [0, 0.1) is 12.3 Å². The number of benzene rings is 2. The van der Waals surface area contributed by atoms with E-state index in [0.29, 0.717) is 13.2 Å². The second-order valence-corrected chi connectivity index (χ2v) is 4.93. The van der Waals surface area contributed by atoms with Crippen molar-refractivity contribution < 1.29 is 9.53 Å². The molecule has 108 valence electrons. The zero-order valence-electron chi connectivity index (χ0n) is 12.3. The molecule has 0 heterocycles. The molecule has 0 amide bonds. The van der Waals surface area contributed by atoms with Gasteiger partial charge in [-0.1, -0.05) is 48.4 Å². The summed E-state index contributed by atoms with van der Waals surface area (Å²) >= 11 is 0. The van der Waals surface area contributed by atoms with Crippen LogP contribution in [0.5, 0.6) is 0 Å². The van der Waals surface area contributed by atoms with Gasteiger partial charge in [-0.15, -0.1) is 6.42 Å². The van der Waals surface area contributed by atoms with E-state index in [1.54, 1.807) is 6.92 Å². The van der Waals surface area contributed by atoms with Gasteiger partial charge in [0.2, 0.25) is 0 Å². The molecule has 2 aromatic rings. The Kier molecular flexibility index (Phi) is 4.62. The topological polar surface area (TPSA) is 38.3 Å². The van der Waals surface area contributed by atoms with E-state index in [1.807, 2.05) is 49.4 Å². The van der Waals surface area contributed by atoms with Gasteiger partial charge in [0.25, 0.3) is 0 Å². The zero-order chi connectivity index (χ0) is 15.3. The molecule has 3 heteroatoms. The van der Waals surface area contributed by atoms with Gasteiger partial charge in [0.15, 0.2) is 0 Å². The van der Waals surface area contributed by atoms with Crippen molar-refractivity contribution in [3.63, 3.8) is 0 Å². The summed E-state index contributed by atoms with van der Waals surface area (Å²) in [6, 6.07) is 13.8. The maximum Gasteiger partial charge on any atom is 0.330 e. The predicted octanol–water partition coefficient (Wildman–Crippen LogP) is 2.84. The highest BCUT2D eigenvalue weighted by molar-refractivity contribution is 5.93. The van der Waals surface area contributed by atoms with Crippen molar-refractivity contribution in [2.45, 2.75) is 19.4 Å². The first-order chi connectivity index (χ1) is 10.1. The fourth-order valence-corrected chi connectivity index (χ4v) is 2.44. The monoisotopic (exact) mass is 281 g/mol. The second kappa shape index (κ2) is 6.43. The van der Waals surface area contributed by atoms with Crippen molar-refractivity contribution in [2.24, 2.45) is 0 Å². The fraction of sp³-hybridized carbons (Fsp3) is 0.278. The molecule has 0 aliphatic rings. The number of nitrogens with one attached hydrogen (secondary N) is 1. The Labute approximate surface area is 125 Å². The van der Waals surface area contributed by atoms with Crippen LogP contribution < -0.4 is 5.32 Å². The molecule has 0 saturated carbocycles. The maximum atomic E-state index is 12.5. The van der Waals surface area contributed by atoms with E-state index in [2.05, 4.69) is 11.2 Å².